The number of aromatic nitrogens is 1. The summed E-state index contributed by atoms with van der Waals surface area (Å²) in [5.74, 6) is 0.841. The molecule has 0 radical (unpaired) electrons. The Balaban J connectivity index is 1.83. The van der Waals surface area contributed by atoms with Crippen LogP contribution in [0.1, 0.15) is 46.2 Å². The maximum atomic E-state index is 5.59. The zero-order chi connectivity index (χ0) is 19.0. The lowest BCUT2D eigenvalue weighted by Gasteiger charge is -2.28. The number of guanidine groups is 1. The molecule has 0 saturated carbocycles. The minimum Gasteiger partial charge on any atom is -0.379 e. The van der Waals surface area contributed by atoms with Gasteiger partial charge in [-0.15, -0.1) is 11.3 Å². The molecule has 6 nitrogen and oxygen atoms in total. The summed E-state index contributed by atoms with van der Waals surface area (Å²) in [5, 5.41) is 10.1. The fourth-order valence-corrected chi connectivity index (χ4v) is 3.91. The molecule has 1 aromatic rings. The van der Waals surface area contributed by atoms with Crippen molar-refractivity contribution < 1.29 is 4.74 Å². The molecule has 1 saturated heterocycles. The van der Waals surface area contributed by atoms with Crippen LogP contribution < -0.4 is 15.5 Å². The van der Waals surface area contributed by atoms with Crippen molar-refractivity contribution >= 4 is 22.4 Å². The molecule has 0 amide bonds. The predicted octanol–water partition coefficient (Wildman–Crippen LogP) is 2.90. The first kappa shape index (κ1) is 21.0. The fraction of sp³-hybridized carbons (Fsp3) is 0.789. The molecule has 0 bridgehead atoms. The van der Waals surface area contributed by atoms with E-state index in [0.29, 0.717) is 6.54 Å². The summed E-state index contributed by atoms with van der Waals surface area (Å²) in [5.41, 5.74) is 1.23. The number of methoxy groups -OCH3 is 1. The van der Waals surface area contributed by atoms with Crippen LogP contribution in [0.3, 0.4) is 0 Å². The quantitative estimate of drug-likeness (QED) is 0.535. The van der Waals surface area contributed by atoms with E-state index in [0.717, 1.165) is 44.3 Å². The van der Waals surface area contributed by atoms with Crippen LogP contribution in [0.25, 0.3) is 0 Å². The molecule has 1 aliphatic rings. The third-order valence-corrected chi connectivity index (χ3v) is 5.55. The Kier molecular flexibility index (Phi) is 8.15. The van der Waals surface area contributed by atoms with Gasteiger partial charge in [0.25, 0.3) is 0 Å². The van der Waals surface area contributed by atoms with Gasteiger partial charge in [0.2, 0.25) is 0 Å². The molecule has 0 aliphatic carbocycles. The smallest absolute Gasteiger partial charge is 0.191 e. The summed E-state index contributed by atoms with van der Waals surface area (Å²) in [4.78, 5) is 11.9. The minimum atomic E-state index is 0.0716. The van der Waals surface area contributed by atoms with Gasteiger partial charge in [0.15, 0.2) is 11.1 Å². The lowest BCUT2D eigenvalue weighted by molar-refractivity contribution is 0.0241. The third-order valence-electron chi connectivity index (χ3n) is 4.60. The molecule has 0 spiro atoms. The minimum absolute atomic E-state index is 0.0716. The van der Waals surface area contributed by atoms with Crippen molar-refractivity contribution in [3.8, 4) is 0 Å². The van der Waals surface area contributed by atoms with Gasteiger partial charge in [-0.2, -0.15) is 0 Å². The van der Waals surface area contributed by atoms with Gasteiger partial charge in [-0.25, -0.2) is 4.98 Å². The maximum absolute atomic E-state index is 5.59. The van der Waals surface area contributed by atoms with Crippen LogP contribution in [0.2, 0.25) is 0 Å². The Morgan fingerprint density at radius 3 is 2.69 bits per heavy atom. The van der Waals surface area contributed by atoms with E-state index in [-0.39, 0.29) is 11.5 Å². The second kappa shape index (κ2) is 10.1. The van der Waals surface area contributed by atoms with E-state index >= 15 is 0 Å². The van der Waals surface area contributed by atoms with Gasteiger partial charge in [-0.05, 0) is 25.2 Å². The van der Waals surface area contributed by atoms with E-state index in [1.165, 1.54) is 18.0 Å². The Labute approximate surface area is 162 Å². The average Bonchev–Trinajstić information content (AvgIpc) is 3.25. The zero-order valence-electron chi connectivity index (χ0n) is 17.0. The molecule has 0 aromatic carbocycles. The first-order valence-corrected chi connectivity index (χ1v) is 10.6. The summed E-state index contributed by atoms with van der Waals surface area (Å²) >= 11 is 1.76. The maximum Gasteiger partial charge on any atom is 0.191 e. The normalized spacial score (nSPS) is 16.8. The van der Waals surface area contributed by atoms with E-state index in [9.17, 15) is 0 Å². The zero-order valence-corrected chi connectivity index (χ0v) is 17.8. The van der Waals surface area contributed by atoms with Crippen LogP contribution in [-0.2, 0) is 11.2 Å². The van der Waals surface area contributed by atoms with Crippen molar-refractivity contribution in [2.75, 3.05) is 44.7 Å². The highest BCUT2D eigenvalue weighted by Crippen LogP contribution is 2.24. The molecule has 1 aliphatic heterocycles. The molecule has 26 heavy (non-hydrogen) atoms. The molecule has 1 aromatic heterocycles. The summed E-state index contributed by atoms with van der Waals surface area (Å²) in [6, 6.07) is 0. The van der Waals surface area contributed by atoms with Crippen molar-refractivity contribution in [2.24, 2.45) is 10.4 Å². The first-order valence-electron chi connectivity index (χ1n) is 9.68. The molecule has 2 heterocycles. The highest BCUT2D eigenvalue weighted by atomic mass is 32.1. The molecular formula is C19H35N5OS. The highest BCUT2D eigenvalue weighted by molar-refractivity contribution is 7.13. The number of hydrogen-bond acceptors (Lipinski definition) is 5. The van der Waals surface area contributed by atoms with Gasteiger partial charge in [0, 0.05) is 45.1 Å². The number of aliphatic imine (C=N–C) groups is 1. The number of nitrogens with zero attached hydrogens (tertiary/aromatic N) is 3. The van der Waals surface area contributed by atoms with E-state index < -0.39 is 0 Å². The van der Waals surface area contributed by atoms with Gasteiger partial charge < -0.3 is 20.3 Å². The molecule has 7 heteroatoms. The molecule has 1 atom stereocenters. The van der Waals surface area contributed by atoms with Crippen molar-refractivity contribution in [2.45, 2.75) is 53.1 Å². The van der Waals surface area contributed by atoms with Crippen molar-refractivity contribution in [1.82, 2.24) is 15.6 Å². The van der Waals surface area contributed by atoms with Gasteiger partial charge in [-0.3, -0.25) is 4.99 Å². The largest absolute Gasteiger partial charge is 0.379 e. The molecule has 148 valence electrons. The number of rotatable bonds is 8. The summed E-state index contributed by atoms with van der Waals surface area (Å²) in [6.07, 6.45) is 3.58. The van der Waals surface area contributed by atoms with Gasteiger partial charge in [-0.1, -0.05) is 20.8 Å². The van der Waals surface area contributed by atoms with Crippen LogP contribution in [0.5, 0.6) is 0 Å². The number of anilines is 1. The number of ether oxygens (including phenoxy) is 1. The summed E-state index contributed by atoms with van der Waals surface area (Å²) < 4.78 is 5.59. The SMILES string of the molecule is CCNC(=NCC(OC)C(C)(C)C)NCCc1csc(N2CCCC2)n1. The molecule has 2 N–H and O–H groups in total. The first-order chi connectivity index (χ1) is 12.4. The van der Waals surface area contributed by atoms with Crippen LogP contribution >= 0.6 is 11.3 Å². The Bertz CT molecular complexity index is 561. The predicted molar refractivity (Wildman–Crippen MR) is 111 cm³/mol. The van der Waals surface area contributed by atoms with Crippen molar-refractivity contribution in [3.05, 3.63) is 11.1 Å². The Morgan fingerprint density at radius 1 is 1.35 bits per heavy atom. The summed E-state index contributed by atoms with van der Waals surface area (Å²) in [6.45, 7) is 13.2. The van der Waals surface area contributed by atoms with Crippen LogP contribution in [0, 0.1) is 5.41 Å². The topological polar surface area (TPSA) is 61.8 Å². The standard InChI is InChI=1S/C19H35N5OS/c1-6-20-17(22-13-16(25-5)19(2,3)4)21-10-9-15-14-26-18(23-15)24-11-7-8-12-24/h14,16H,6-13H2,1-5H3,(H2,20,21,22). The van der Waals surface area contributed by atoms with Gasteiger partial charge in [0.1, 0.15) is 0 Å². The Hall–Kier alpha value is -1.34. The number of hydrogen-bond donors (Lipinski definition) is 2. The van der Waals surface area contributed by atoms with Gasteiger partial charge in [0.05, 0.1) is 18.3 Å². The molecule has 2 rings (SSSR count). The van der Waals surface area contributed by atoms with Crippen LogP contribution in [-0.4, -0.2) is 56.9 Å². The fourth-order valence-electron chi connectivity index (χ4n) is 2.99. The van der Waals surface area contributed by atoms with Crippen LogP contribution in [0.4, 0.5) is 5.13 Å². The lowest BCUT2D eigenvalue weighted by atomic mass is 9.89. The molecule has 1 fully saturated rings. The third kappa shape index (κ3) is 6.43. The van der Waals surface area contributed by atoms with Crippen molar-refractivity contribution in [1.29, 1.82) is 0 Å². The lowest BCUT2D eigenvalue weighted by Crippen LogP contribution is -2.40. The van der Waals surface area contributed by atoms with E-state index in [1.807, 2.05) is 0 Å². The summed E-state index contributed by atoms with van der Waals surface area (Å²) in [7, 11) is 1.76. The van der Waals surface area contributed by atoms with Crippen LogP contribution in [0.15, 0.2) is 10.4 Å². The number of nitrogens with one attached hydrogen (secondary N) is 2. The van der Waals surface area contributed by atoms with Crippen molar-refractivity contribution in [3.63, 3.8) is 0 Å². The average molecular weight is 382 g/mol. The molecule has 1 unspecified atom stereocenters. The second-order valence-corrected chi connectivity index (χ2v) is 8.64. The van der Waals surface area contributed by atoms with E-state index in [4.69, 9.17) is 14.7 Å². The van der Waals surface area contributed by atoms with E-state index in [2.05, 4.69) is 48.6 Å². The monoisotopic (exact) mass is 381 g/mol. The molecular weight excluding hydrogens is 346 g/mol. The number of thiazole rings is 1. The van der Waals surface area contributed by atoms with Gasteiger partial charge >= 0.3 is 0 Å². The second-order valence-electron chi connectivity index (χ2n) is 7.80. The van der Waals surface area contributed by atoms with E-state index in [1.54, 1.807) is 18.4 Å². The Morgan fingerprint density at radius 2 is 2.08 bits per heavy atom. The highest BCUT2D eigenvalue weighted by Gasteiger charge is 2.24.